The second kappa shape index (κ2) is 5.30. The summed E-state index contributed by atoms with van der Waals surface area (Å²) in [6.07, 6.45) is 3.67. The van der Waals surface area contributed by atoms with Crippen molar-refractivity contribution in [1.82, 2.24) is 9.97 Å². The van der Waals surface area contributed by atoms with E-state index in [9.17, 15) is 0 Å². The van der Waals surface area contributed by atoms with Gasteiger partial charge >= 0.3 is 0 Å². The van der Waals surface area contributed by atoms with Gasteiger partial charge in [0.2, 0.25) is 0 Å². The topological polar surface area (TPSA) is 56.1 Å². The Kier molecular flexibility index (Phi) is 3.15. The Hall–Kier alpha value is -2.61. The first-order valence-corrected chi connectivity index (χ1v) is 7.60. The standard InChI is InChI=1S/C17H17N5/c18-7-15-4-5-16(8-20-15)21-9-13-11-22(12-14(13)10-21)17-3-1-2-6-19-17/h1-6,8,13-14H,9-12H2. The molecule has 0 amide bonds. The predicted octanol–water partition coefficient (Wildman–Crippen LogP) is 1.92. The predicted molar refractivity (Wildman–Crippen MR) is 84.6 cm³/mol. The number of hydrogen-bond donors (Lipinski definition) is 0. The van der Waals surface area contributed by atoms with Gasteiger partial charge in [-0.2, -0.15) is 5.26 Å². The monoisotopic (exact) mass is 291 g/mol. The molecule has 5 nitrogen and oxygen atoms in total. The molecule has 0 bridgehead atoms. The molecule has 2 saturated heterocycles. The summed E-state index contributed by atoms with van der Waals surface area (Å²) in [6.45, 7) is 4.26. The Labute approximate surface area is 129 Å². The van der Waals surface area contributed by atoms with Gasteiger partial charge in [-0.3, -0.25) is 0 Å². The molecule has 0 spiro atoms. The van der Waals surface area contributed by atoms with Crippen LogP contribution in [0.3, 0.4) is 0 Å². The van der Waals surface area contributed by atoms with Crippen molar-refractivity contribution in [2.24, 2.45) is 11.8 Å². The molecular formula is C17H17N5. The van der Waals surface area contributed by atoms with Crippen molar-refractivity contribution in [2.45, 2.75) is 0 Å². The summed E-state index contributed by atoms with van der Waals surface area (Å²) in [7, 11) is 0. The minimum atomic E-state index is 0.476. The van der Waals surface area contributed by atoms with E-state index >= 15 is 0 Å². The highest BCUT2D eigenvalue weighted by molar-refractivity contribution is 5.49. The van der Waals surface area contributed by atoms with Gasteiger partial charge in [-0.15, -0.1) is 0 Å². The van der Waals surface area contributed by atoms with Crippen molar-refractivity contribution >= 4 is 11.5 Å². The van der Waals surface area contributed by atoms with Crippen molar-refractivity contribution in [3.63, 3.8) is 0 Å². The molecule has 2 fully saturated rings. The fraction of sp³-hybridized carbons (Fsp3) is 0.353. The molecule has 4 rings (SSSR count). The quantitative estimate of drug-likeness (QED) is 0.846. The van der Waals surface area contributed by atoms with Crippen LogP contribution in [-0.2, 0) is 0 Å². The van der Waals surface area contributed by atoms with Crippen LogP contribution >= 0.6 is 0 Å². The van der Waals surface area contributed by atoms with Gasteiger partial charge in [-0.05, 0) is 24.3 Å². The molecule has 2 aromatic heterocycles. The summed E-state index contributed by atoms with van der Waals surface area (Å²) in [5, 5.41) is 8.83. The number of fused-ring (bicyclic) bond motifs is 1. The molecule has 0 aliphatic carbocycles. The molecule has 4 heterocycles. The van der Waals surface area contributed by atoms with E-state index in [1.165, 1.54) is 0 Å². The molecule has 0 radical (unpaired) electrons. The second-order valence-electron chi connectivity index (χ2n) is 6.03. The van der Waals surface area contributed by atoms with Crippen LogP contribution in [0, 0.1) is 23.2 Å². The van der Waals surface area contributed by atoms with E-state index in [2.05, 4.69) is 31.9 Å². The smallest absolute Gasteiger partial charge is 0.140 e. The van der Waals surface area contributed by atoms with Crippen LogP contribution < -0.4 is 9.80 Å². The molecule has 5 heteroatoms. The van der Waals surface area contributed by atoms with Crippen LogP contribution in [0.15, 0.2) is 42.7 Å². The van der Waals surface area contributed by atoms with Gasteiger partial charge in [-0.25, -0.2) is 9.97 Å². The molecule has 2 aliphatic heterocycles. The Morgan fingerprint density at radius 3 is 2.32 bits per heavy atom. The lowest BCUT2D eigenvalue weighted by Gasteiger charge is -2.23. The Morgan fingerprint density at radius 1 is 0.955 bits per heavy atom. The molecule has 22 heavy (non-hydrogen) atoms. The zero-order chi connectivity index (χ0) is 14.9. The van der Waals surface area contributed by atoms with E-state index in [-0.39, 0.29) is 0 Å². The van der Waals surface area contributed by atoms with Gasteiger partial charge in [-0.1, -0.05) is 6.07 Å². The van der Waals surface area contributed by atoms with E-state index in [1.54, 1.807) is 6.07 Å². The van der Waals surface area contributed by atoms with Gasteiger partial charge in [0.05, 0.1) is 11.9 Å². The fourth-order valence-corrected chi connectivity index (χ4v) is 3.57. The van der Waals surface area contributed by atoms with E-state index < -0.39 is 0 Å². The van der Waals surface area contributed by atoms with E-state index in [0.717, 1.165) is 37.7 Å². The van der Waals surface area contributed by atoms with Gasteiger partial charge in [0, 0.05) is 44.2 Å². The SMILES string of the molecule is N#Cc1ccc(N2CC3CN(c4ccccn4)CC3C2)cn1. The lowest BCUT2D eigenvalue weighted by Crippen LogP contribution is -2.29. The molecule has 0 saturated carbocycles. The number of anilines is 2. The Morgan fingerprint density at radius 2 is 1.73 bits per heavy atom. The number of nitrogens with zero attached hydrogens (tertiary/aromatic N) is 5. The summed E-state index contributed by atoms with van der Waals surface area (Å²) in [5.41, 5.74) is 1.60. The molecule has 2 unspecified atom stereocenters. The maximum absolute atomic E-state index is 8.83. The largest absolute Gasteiger partial charge is 0.370 e. The third-order valence-corrected chi connectivity index (χ3v) is 4.69. The second-order valence-corrected chi connectivity index (χ2v) is 6.03. The maximum atomic E-state index is 8.83. The number of rotatable bonds is 2. The van der Waals surface area contributed by atoms with Gasteiger partial charge in [0.25, 0.3) is 0 Å². The van der Waals surface area contributed by atoms with Crippen LogP contribution in [0.2, 0.25) is 0 Å². The summed E-state index contributed by atoms with van der Waals surface area (Å²) in [6, 6.07) is 12.0. The molecule has 0 aromatic carbocycles. The minimum Gasteiger partial charge on any atom is -0.370 e. The number of pyridine rings is 2. The Balaban J connectivity index is 1.44. The third kappa shape index (κ3) is 2.27. The number of nitriles is 1. The first kappa shape index (κ1) is 13.1. The first-order valence-electron chi connectivity index (χ1n) is 7.60. The van der Waals surface area contributed by atoms with Crippen LogP contribution in [0.5, 0.6) is 0 Å². The van der Waals surface area contributed by atoms with Crippen LogP contribution in [0.1, 0.15) is 5.69 Å². The van der Waals surface area contributed by atoms with E-state index in [4.69, 9.17) is 5.26 Å². The number of aromatic nitrogens is 2. The fourth-order valence-electron chi connectivity index (χ4n) is 3.57. The zero-order valence-electron chi connectivity index (χ0n) is 12.3. The molecule has 0 N–H and O–H groups in total. The van der Waals surface area contributed by atoms with Crippen molar-refractivity contribution in [3.8, 4) is 6.07 Å². The first-order chi connectivity index (χ1) is 10.8. The van der Waals surface area contributed by atoms with E-state index in [1.807, 2.05) is 30.6 Å². The molecule has 2 aromatic rings. The van der Waals surface area contributed by atoms with Gasteiger partial charge in [0.15, 0.2) is 0 Å². The Bertz CT molecular complexity index is 677. The highest BCUT2D eigenvalue weighted by atomic mass is 15.3. The summed E-state index contributed by atoms with van der Waals surface area (Å²) < 4.78 is 0. The average molecular weight is 291 g/mol. The zero-order valence-corrected chi connectivity index (χ0v) is 12.3. The molecular weight excluding hydrogens is 274 g/mol. The average Bonchev–Trinajstić information content (AvgIpc) is 3.15. The summed E-state index contributed by atoms with van der Waals surface area (Å²) in [4.78, 5) is 13.4. The van der Waals surface area contributed by atoms with Crippen LogP contribution in [0.4, 0.5) is 11.5 Å². The van der Waals surface area contributed by atoms with Crippen molar-refractivity contribution in [1.29, 1.82) is 5.26 Å². The maximum Gasteiger partial charge on any atom is 0.140 e. The third-order valence-electron chi connectivity index (χ3n) is 4.69. The van der Waals surface area contributed by atoms with Crippen molar-refractivity contribution in [2.75, 3.05) is 36.0 Å². The molecule has 2 atom stereocenters. The van der Waals surface area contributed by atoms with Crippen LogP contribution in [0.25, 0.3) is 0 Å². The van der Waals surface area contributed by atoms with Gasteiger partial charge in [0.1, 0.15) is 17.6 Å². The normalized spacial score (nSPS) is 23.4. The van der Waals surface area contributed by atoms with Crippen molar-refractivity contribution < 1.29 is 0 Å². The lowest BCUT2D eigenvalue weighted by molar-refractivity contribution is 0.533. The van der Waals surface area contributed by atoms with Gasteiger partial charge < -0.3 is 9.80 Å². The summed E-state index contributed by atoms with van der Waals surface area (Å²) >= 11 is 0. The highest BCUT2D eigenvalue weighted by Crippen LogP contribution is 2.35. The van der Waals surface area contributed by atoms with Crippen molar-refractivity contribution in [3.05, 3.63) is 48.4 Å². The molecule has 2 aliphatic rings. The number of hydrogen-bond acceptors (Lipinski definition) is 5. The highest BCUT2D eigenvalue weighted by Gasteiger charge is 2.40. The minimum absolute atomic E-state index is 0.476. The summed E-state index contributed by atoms with van der Waals surface area (Å²) in [5.74, 6) is 2.44. The van der Waals surface area contributed by atoms with Crippen LogP contribution in [-0.4, -0.2) is 36.1 Å². The van der Waals surface area contributed by atoms with E-state index in [0.29, 0.717) is 17.5 Å². The molecule has 110 valence electrons. The lowest BCUT2D eigenvalue weighted by atomic mass is 10.0.